The van der Waals surface area contributed by atoms with Crippen molar-refractivity contribution < 1.29 is 4.84 Å². The fraction of sp³-hybridized carbons (Fsp3) is 1.00. The summed E-state index contributed by atoms with van der Waals surface area (Å²) in [5, 5.41) is 2.14. The van der Waals surface area contributed by atoms with Gasteiger partial charge in [-0.1, -0.05) is 0 Å². The molecule has 2 atom stereocenters. The molecular weight excluding hydrogens is 146 g/mol. The van der Waals surface area contributed by atoms with Crippen LogP contribution in [0, 0.1) is 0 Å². The summed E-state index contributed by atoms with van der Waals surface area (Å²) >= 11 is 4.21. The molecule has 0 N–H and O–H groups in total. The molecule has 3 heteroatoms. The first-order chi connectivity index (χ1) is 4.90. The quantitative estimate of drug-likeness (QED) is 0.575. The van der Waals surface area contributed by atoms with Gasteiger partial charge in [0.25, 0.3) is 0 Å². The second kappa shape index (κ2) is 2.72. The zero-order valence-electron chi connectivity index (χ0n) is 5.99. The molecule has 0 aliphatic carbocycles. The normalized spacial score (nSPS) is 40.5. The van der Waals surface area contributed by atoms with Gasteiger partial charge in [-0.15, -0.1) is 0 Å². The van der Waals surface area contributed by atoms with Crippen molar-refractivity contribution in [3.63, 3.8) is 0 Å². The minimum atomic E-state index is 0.397. The Morgan fingerprint density at radius 3 is 3.20 bits per heavy atom. The smallest absolute Gasteiger partial charge is 0.0896 e. The lowest BCUT2D eigenvalue weighted by atomic mass is 10.1. The highest BCUT2D eigenvalue weighted by molar-refractivity contribution is 7.80. The van der Waals surface area contributed by atoms with E-state index in [9.17, 15) is 0 Å². The monoisotopic (exact) mass is 159 g/mol. The minimum Gasteiger partial charge on any atom is -0.295 e. The van der Waals surface area contributed by atoms with Crippen LogP contribution in [0.3, 0.4) is 0 Å². The van der Waals surface area contributed by atoms with Gasteiger partial charge in [-0.2, -0.15) is 17.7 Å². The van der Waals surface area contributed by atoms with Crippen LogP contribution in [0.15, 0.2) is 0 Å². The molecule has 2 unspecified atom stereocenters. The van der Waals surface area contributed by atoms with Crippen molar-refractivity contribution >= 4 is 12.6 Å². The van der Waals surface area contributed by atoms with E-state index in [2.05, 4.69) is 17.7 Å². The minimum absolute atomic E-state index is 0.397. The molecule has 2 nitrogen and oxygen atoms in total. The summed E-state index contributed by atoms with van der Waals surface area (Å²) in [6, 6.07) is 0.720. The van der Waals surface area contributed by atoms with E-state index in [0.717, 1.165) is 18.3 Å². The molecule has 58 valence electrons. The lowest BCUT2D eigenvalue weighted by Gasteiger charge is -2.12. The molecule has 10 heavy (non-hydrogen) atoms. The van der Waals surface area contributed by atoms with Crippen molar-refractivity contribution in [1.82, 2.24) is 5.06 Å². The molecule has 2 rings (SSSR count). The first-order valence-corrected chi connectivity index (χ1v) is 4.57. The SMILES string of the molecule is SCC1CC2CCCN2O1. The Kier molecular flexibility index (Phi) is 1.89. The van der Waals surface area contributed by atoms with Gasteiger partial charge in [-0.3, -0.25) is 4.84 Å². The van der Waals surface area contributed by atoms with E-state index < -0.39 is 0 Å². The maximum atomic E-state index is 5.59. The van der Waals surface area contributed by atoms with Crippen molar-refractivity contribution in [3.05, 3.63) is 0 Å². The van der Waals surface area contributed by atoms with E-state index in [-0.39, 0.29) is 0 Å². The van der Waals surface area contributed by atoms with Crippen molar-refractivity contribution in [2.75, 3.05) is 12.3 Å². The van der Waals surface area contributed by atoms with Gasteiger partial charge in [-0.25, -0.2) is 0 Å². The van der Waals surface area contributed by atoms with E-state index in [1.54, 1.807) is 0 Å². The van der Waals surface area contributed by atoms with E-state index >= 15 is 0 Å². The van der Waals surface area contributed by atoms with Crippen LogP contribution in [0.5, 0.6) is 0 Å². The molecule has 2 aliphatic heterocycles. The zero-order valence-corrected chi connectivity index (χ0v) is 6.89. The molecule has 0 amide bonds. The third-order valence-corrected chi connectivity index (χ3v) is 2.75. The van der Waals surface area contributed by atoms with Crippen LogP contribution in [-0.4, -0.2) is 29.5 Å². The molecule has 0 aromatic rings. The summed E-state index contributed by atoms with van der Waals surface area (Å²) in [6.45, 7) is 1.13. The Morgan fingerprint density at radius 2 is 2.50 bits per heavy atom. The van der Waals surface area contributed by atoms with Crippen LogP contribution in [0.2, 0.25) is 0 Å². The Labute approximate surface area is 66.9 Å². The Bertz CT molecular complexity index is 119. The summed E-state index contributed by atoms with van der Waals surface area (Å²) in [7, 11) is 0. The van der Waals surface area contributed by atoms with Gasteiger partial charge >= 0.3 is 0 Å². The maximum Gasteiger partial charge on any atom is 0.0896 e. The third-order valence-electron chi connectivity index (χ3n) is 2.35. The number of thiol groups is 1. The Hall–Kier alpha value is 0.270. The lowest BCUT2D eigenvalue weighted by Crippen LogP contribution is -2.21. The lowest BCUT2D eigenvalue weighted by molar-refractivity contribution is -0.140. The molecule has 2 fully saturated rings. The number of hydroxylamine groups is 2. The van der Waals surface area contributed by atoms with Gasteiger partial charge in [0.2, 0.25) is 0 Å². The van der Waals surface area contributed by atoms with Gasteiger partial charge in [0, 0.05) is 18.3 Å². The summed E-state index contributed by atoms with van der Waals surface area (Å²) < 4.78 is 0. The zero-order chi connectivity index (χ0) is 6.97. The first-order valence-electron chi connectivity index (χ1n) is 3.94. The van der Waals surface area contributed by atoms with Gasteiger partial charge in [0.1, 0.15) is 0 Å². The van der Waals surface area contributed by atoms with E-state index in [1.807, 2.05) is 0 Å². The molecular formula is C7H13NOS. The van der Waals surface area contributed by atoms with E-state index in [4.69, 9.17) is 4.84 Å². The topological polar surface area (TPSA) is 12.5 Å². The van der Waals surface area contributed by atoms with Crippen LogP contribution in [0.25, 0.3) is 0 Å². The Morgan fingerprint density at radius 1 is 1.60 bits per heavy atom. The molecule has 2 saturated heterocycles. The second-order valence-electron chi connectivity index (χ2n) is 3.08. The molecule has 0 saturated carbocycles. The van der Waals surface area contributed by atoms with Crippen LogP contribution in [0.4, 0.5) is 0 Å². The van der Waals surface area contributed by atoms with Gasteiger partial charge in [-0.05, 0) is 19.3 Å². The number of hydrogen-bond acceptors (Lipinski definition) is 3. The molecule has 2 aliphatic rings. The number of rotatable bonds is 1. The number of hydrogen-bond donors (Lipinski definition) is 1. The summed E-state index contributed by atoms with van der Waals surface area (Å²) in [5.41, 5.74) is 0. The van der Waals surface area contributed by atoms with Crippen molar-refractivity contribution in [3.8, 4) is 0 Å². The van der Waals surface area contributed by atoms with Crippen LogP contribution in [0.1, 0.15) is 19.3 Å². The molecule has 0 aromatic heterocycles. The van der Waals surface area contributed by atoms with E-state index in [0.29, 0.717) is 6.10 Å². The van der Waals surface area contributed by atoms with Gasteiger partial charge in [0.15, 0.2) is 0 Å². The molecule has 0 bridgehead atoms. The summed E-state index contributed by atoms with van der Waals surface area (Å²) in [4.78, 5) is 5.59. The predicted molar refractivity (Wildman–Crippen MR) is 43.1 cm³/mol. The molecule has 0 aromatic carbocycles. The maximum absolute atomic E-state index is 5.59. The van der Waals surface area contributed by atoms with E-state index in [1.165, 1.54) is 19.3 Å². The highest BCUT2D eigenvalue weighted by Crippen LogP contribution is 2.29. The highest BCUT2D eigenvalue weighted by Gasteiger charge is 2.35. The fourth-order valence-corrected chi connectivity index (χ4v) is 2.05. The summed E-state index contributed by atoms with van der Waals surface area (Å²) in [6.07, 6.45) is 4.23. The second-order valence-corrected chi connectivity index (χ2v) is 3.45. The number of fused-ring (bicyclic) bond motifs is 1. The molecule has 0 radical (unpaired) electrons. The largest absolute Gasteiger partial charge is 0.295 e. The van der Waals surface area contributed by atoms with Gasteiger partial charge in [0.05, 0.1) is 6.10 Å². The highest BCUT2D eigenvalue weighted by atomic mass is 32.1. The predicted octanol–water partition coefficient (Wildman–Crippen LogP) is 1.08. The standard InChI is InChI=1S/C7H13NOS/c10-5-7-4-6-2-1-3-8(6)9-7/h6-7,10H,1-5H2. The first kappa shape index (κ1) is 6.95. The number of nitrogens with zero attached hydrogens (tertiary/aromatic N) is 1. The average Bonchev–Trinajstić information content (AvgIpc) is 2.42. The Balaban J connectivity index is 1.94. The molecule has 2 heterocycles. The fourth-order valence-electron chi connectivity index (χ4n) is 1.83. The van der Waals surface area contributed by atoms with Crippen molar-refractivity contribution in [2.45, 2.75) is 31.4 Å². The van der Waals surface area contributed by atoms with Gasteiger partial charge < -0.3 is 0 Å². The van der Waals surface area contributed by atoms with Crippen LogP contribution in [-0.2, 0) is 4.84 Å². The summed E-state index contributed by atoms with van der Waals surface area (Å²) in [5.74, 6) is 0.868. The average molecular weight is 159 g/mol. The van der Waals surface area contributed by atoms with Crippen LogP contribution < -0.4 is 0 Å². The molecule has 0 spiro atoms. The van der Waals surface area contributed by atoms with Crippen LogP contribution >= 0.6 is 12.6 Å². The third kappa shape index (κ3) is 1.06. The van der Waals surface area contributed by atoms with Crippen molar-refractivity contribution in [1.29, 1.82) is 0 Å². The van der Waals surface area contributed by atoms with Crippen molar-refractivity contribution in [2.24, 2.45) is 0 Å².